The van der Waals surface area contributed by atoms with Crippen LogP contribution >= 0.6 is 11.6 Å². The standard InChI is InChI=1S/C16H19ClN4O2S/c1-18-12-9-10-21(11-12)16-14(7-8-15(17)19-16)20-24(22,23)13-5-3-2-4-6-13/h2-8,12,18,20H,9-11H2,1H3. The summed E-state index contributed by atoms with van der Waals surface area (Å²) in [5.41, 5.74) is 0.431. The Morgan fingerprint density at radius 1 is 1.21 bits per heavy atom. The molecule has 1 aromatic carbocycles. The third-order valence-electron chi connectivity index (χ3n) is 4.04. The van der Waals surface area contributed by atoms with Gasteiger partial charge >= 0.3 is 0 Å². The van der Waals surface area contributed by atoms with Gasteiger partial charge in [-0.3, -0.25) is 4.72 Å². The maximum Gasteiger partial charge on any atom is 0.262 e. The van der Waals surface area contributed by atoms with Gasteiger partial charge in [0.25, 0.3) is 10.0 Å². The third-order valence-corrected chi connectivity index (χ3v) is 5.63. The molecule has 2 N–H and O–H groups in total. The lowest BCUT2D eigenvalue weighted by Gasteiger charge is -2.21. The van der Waals surface area contributed by atoms with Gasteiger partial charge in [-0.2, -0.15) is 0 Å². The molecule has 0 bridgehead atoms. The normalized spacial score (nSPS) is 17.9. The van der Waals surface area contributed by atoms with Crippen molar-refractivity contribution < 1.29 is 8.42 Å². The van der Waals surface area contributed by atoms with Gasteiger partial charge in [-0.15, -0.1) is 0 Å². The van der Waals surface area contributed by atoms with E-state index in [1.807, 2.05) is 11.9 Å². The Morgan fingerprint density at radius 3 is 2.62 bits per heavy atom. The Hall–Kier alpha value is -1.83. The first kappa shape index (κ1) is 17.0. The number of sulfonamides is 1. The number of halogens is 1. The number of hydrogen-bond acceptors (Lipinski definition) is 5. The van der Waals surface area contributed by atoms with Crippen LogP contribution in [0.1, 0.15) is 6.42 Å². The van der Waals surface area contributed by atoms with Crippen LogP contribution < -0.4 is 14.9 Å². The van der Waals surface area contributed by atoms with Crippen molar-refractivity contribution in [2.75, 3.05) is 29.8 Å². The number of nitrogens with zero attached hydrogens (tertiary/aromatic N) is 2. The number of benzene rings is 1. The molecule has 128 valence electrons. The van der Waals surface area contributed by atoms with Gasteiger partial charge in [0.2, 0.25) is 0 Å². The summed E-state index contributed by atoms with van der Waals surface area (Å²) in [7, 11) is -1.76. The zero-order valence-corrected chi connectivity index (χ0v) is 14.8. The Bertz CT molecular complexity index is 814. The van der Waals surface area contributed by atoms with Crippen LogP contribution in [0.25, 0.3) is 0 Å². The minimum atomic E-state index is -3.67. The minimum absolute atomic E-state index is 0.209. The van der Waals surface area contributed by atoms with Crippen molar-refractivity contribution in [1.82, 2.24) is 10.3 Å². The van der Waals surface area contributed by atoms with E-state index in [1.165, 1.54) is 0 Å². The highest BCUT2D eigenvalue weighted by Crippen LogP contribution is 2.30. The molecular weight excluding hydrogens is 348 g/mol. The van der Waals surface area contributed by atoms with Gasteiger partial charge in [-0.25, -0.2) is 13.4 Å². The van der Waals surface area contributed by atoms with Crippen molar-refractivity contribution in [3.8, 4) is 0 Å². The summed E-state index contributed by atoms with van der Waals surface area (Å²) in [6.45, 7) is 1.54. The molecule has 0 aliphatic carbocycles. The predicted molar refractivity (Wildman–Crippen MR) is 96.2 cm³/mol. The number of pyridine rings is 1. The van der Waals surface area contributed by atoms with Crippen molar-refractivity contribution in [2.24, 2.45) is 0 Å². The number of rotatable bonds is 5. The number of hydrogen-bond donors (Lipinski definition) is 2. The van der Waals surface area contributed by atoms with Crippen molar-refractivity contribution >= 4 is 33.1 Å². The van der Waals surface area contributed by atoms with Crippen molar-refractivity contribution in [2.45, 2.75) is 17.4 Å². The molecule has 2 aromatic rings. The first-order chi connectivity index (χ1) is 11.5. The fourth-order valence-electron chi connectivity index (χ4n) is 2.74. The van der Waals surface area contributed by atoms with Gasteiger partial charge in [-0.1, -0.05) is 29.8 Å². The van der Waals surface area contributed by atoms with E-state index in [4.69, 9.17) is 11.6 Å². The lowest BCUT2D eigenvalue weighted by atomic mass is 10.3. The molecule has 1 aliphatic rings. The summed E-state index contributed by atoms with van der Waals surface area (Å²) in [5, 5.41) is 3.56. The SMILES string of the molecule is CNC1CCN(c2nc(Cl)ccc2NS(=O)(=O)c2ccccc2)C1. The first-order valence-corrected chi connectivity index (χ1v) is 9.52. The lowest BCUT2D eigenvalue weighted by molar-refractivity contribution is 0.601. The first-order valence-electron chi connectivity index (χ1n) is 7.66. The van der Waals surface area contributed by atoms with Crippen LogP contribution in [0.4, 0.5) is 11.5 Å². The molecule has 8 heteroatoms. The van der Waals surface area contributed by atoms with Gasteiger partial charge < -0.3 is 10.2 Å². The Labute approximate surface area is 146 Å². The zero-order chi connectivity index (χ0) is 17.2. The highest BCUT2D eigenvalue weighted by atomic mass is 35.5. The fourth-order valence-corrected chi connectivity index (χ4v) is 3.96. The summed E-state index contributed by atoms with van der Waals surface area (Å²) in [6, 6.07) is 11.8. The summed E-state index contributed by atoms with van der Waals surface area (Å²) in [4.78, 5) is 6.58. The molecule has 1 atom stereocenters. The van der Waals surface area contributed by atoms with E-state index in [0.29, 0.717) is 22.7 Å². The molecule has 1 saturated heterocycles. The minimum Gasteiger partial charge on any atom is -0.353 e. The second-order valence-electron chi connectivity index (χ2n) is 5.64. The van der Waals surface area contributed by atoms with Crippen LogP contribution in [0.2, 0.25) is 5.15 Å². The van der Waals surface area contributed by atoms with Gasteiger partial charge in [0.05, 0.1) is 10.6 Å². The highest BCUT2D eigenvalue weighted by molar-refractivity contribution is 7.92. The smallest absolute Gasteiger partial charge is 0.262 e. The van der Waals surface area contributed by atoms with Crippen molar-refractivity contribution in [3.63, 3.8) is 0 Å². The van der Waals surface area contributed by atoms with Crippen LogP contribution in [0.5, 0.6) is 0 Å². The quantitative estimate of drug-likeness (QED) is 0.794. The summed E-state index contributed by atoms with van der Waals surface area (Å²) in [5.74, 6) is 0.555. The molecule has 2 heterocycles. The number of aromatic nitrogens is 1. The number of likely N-dealkylation sites (N-methyl/N-ethyl adjacent to an activating group) is 1. The predicted octanol–water partition coefficient (Wildman–Crippen LogP) is 2.33. The molecule has 6 nitrogen and oxygen atoms in total. The monoisotopic (exact) mass is 366 g/mol. The Balaban J connectivity index is 1.91. The van der Waals surface area contributed by atoms with E-state index in [9.17, 15) is 8.42 Å². The molecule has 24 heavy (non-hydrogen) atoms. The van der Waals surface area contributed by atoms with Crippen LogP contribution in [0, 0.1) is 0 Å². The average Bonchev–Trinajstić information content (AvgIpc) is 3.06. The van der Waals surface area contributed by atoms with E-state index in [2.05, 4.69) is 15.0 Å². The molecule has 0 spiro atoms. The van der Waals surface area contributed by atoms with E-state index >= 15 is 0 Å². The van der Waals surface area contributed by atoms with E-state index in [-0.39, 0.29) is 4.90 Å². The number of nitrogens with one attached hydrogen (secondary N) is 2. The highest BCUT2D eigenvalue weighted by Gasteiger charge is 2.26. The lowest BCUT2D eigenvalue weighted by Crippen LogP contribution is -2.30. The molecular formula is C16H19ClN4O2S. The Kier molecular flexibility index (Phi) is 4.93. The molecule has 0 radical (unpaired) electrons. The second-order valence-corrected chi connectivity index (χ2v) is 7.71. The van der Waals surface area contributed by atoms with E-state index < -0.39 is 10.0 Å². The van der Waals surface area contributed by atoms with Gasteiger partial charge in [-0.05, 0) is 37.7 Å². The average molecular weight is 367 g/mol. The van der Waals surface area contributed by atoms with Crippen molar-refractivity contribution in [3.05, 3.63) is 47.6 Å². The maximum atomic E-state index is 12.6. The van der Waals surface area contributed by atoms with Gasteiger partial charge in [0.15, 0.2) is 5.82 Å². The van der Waals surface area contributed by atoms with Crippen LogP contribution in [-0.2, 0) is 10.0 Å². The molecule has 0 saturated carbocycles. The van der Waals surface area contributed by atoms with E-state index in [0.717, 1.165) is 19.5 Å². The molecule has 0 amide bonds. The molecule has 1 aliphatic heterocycles. The Morgan fingerprint density at radius 2 is 1.96 bits per heavy atom. The van der Waals surface area contributed by atoms with Crippen LogP contribution in [-0.4, -0.2) is 39.6 Å². The summed E-state index contributed by atoms with van der Waals surface area (Å²) >= 11 is 6.02. The van der Waals surface area contributed by atoms with E-state index in [1.54, 1.807) is 42.5 Å². The molecule has 1 fully saturated rings. The summed E-state index contributed by atoms with van der Waals surface area (Å²) < 4.78 is 27.8. The topological polar surface area (TPSA) is 74.3 Å². The fraction of sp³-hybridized carbons (Fsp3) is 0.312. The zero-order valence-electron chi connectivity index (χ0n) is 13.2. The van der Waals surface area contributed by atoms with Crippen LogP contribution in [0.15, 0.2) is 47.4 Å². The van der Waals surface area contributed by atoms with Crippen molar-refractivity contribution in [1.29, 1.82) is 0 Å². The third kappa shape index (κ3) is 3.63. The maximum absolute atomic E-state index is 12.6. The van der Waals surface area contributed by atoms with Gasteiger partial charge in [0, 0.05) is 19.1 Å². The molecule has 3 rings (SSSR count). The summed E-state index contributed by atoms with van der Waals surface area (Å²) in [6.07, 6.45) is 0.968. The van der Waals surface area contributed by atoms with Crippen LogP contribution in [0.3, 0.4) is 0 Å². The number of anilines is 2. The second kappa shape index (κ2) is 6.96. The largest absolute Gasteiger partial charge is 0.353 e. The molecule has 1 unspecified atom stereocenters. The van der Waals surface area contributed by atoms with Gasteiger partial charge in [0.1, 0.15) is 5.15 Å². The molecule has 1 aromatic heterocycles.